The van der Waals surface area contributed by atoms with Crippen molar-refractivity contribution in [2.75, 3.05) is 19.8 Å². The molecule has 1 aliphatic rings. The Morgan fingerprint density at radius 1 is 1.26 bits per heavy atom. The van der Waals surface area contributed by atoms with Gasteiger partial charge in [0.2, 0.25) is 0 Å². The van der Waals surface area contributed by atoms with Gasteiger partial charge in [0.1, 0.15) is 5.75 Å². The van der Waals surface area contributed by atoms with E-state index in [1.807, 2.05) is 13.0 Å². The van der Waals surface area contributed by atoms with E-state index in [4.69, 9.17) is 14.7 Å². The Hall–Kier alpha value is -2.55. The van der Waals surface area contributed by atoms with Crippen LogP contribution >= 0.6 is 0 Å². The molecule has 0 spiro atoms. The number of piperidine rings is 1. The number of amides is 1. The van der Waals surface area contributed by atoms with Gasteiger partial charge < -0.3 is 14.4 Å². The van der Waals surface area contributed by atoms with Crippen LogP contribution in [0.5, 0.6) is 5.75 Å². The van der Waals surface area contributed by atoms with Crippen LogP contribution in [0.2, 0.25) is 0 Å². The fraction of sp³-hybridized carbons (Fsp3) is 0.471. The zero-order valence-electron chi connectivity index (χ0n) is 13.2. The van der Waals surface area contributed by atoms with E-state index >= 15 is 0 Å². The van der Waals surface area contributed by atoms with Gasteiger partial charge in [-0.15, -0.1) is 0 Å². The molecule has 2 rings (SSSR count). The highest BCUT2D eigenvalue weighted by Gasteiger charge is 2.23. The maximum Gasteiger partial charge on any atom is 0.344 e. The van der Waals surface area contributed by atoms with E-state index in [-0.39, 0.29) is 25.2 Å². The molecule has 1 amide bonds. The molecule has 0 unspecified atom stereocenters. The van der Waals surface area contributed by atoms with E-state index < -0.39 is 5.97 Å². The van der Waals surface area contributed by atoms with Crippen LogP contribution in [0.3, 0.4) is 0 Å². The van der Waals surface area contributed by atoms with Gasteiger partial charge in [0.25, 0.3) is 5.91 Å². The van der Waals surface area contributed by atoms with E-state index in [1.54, 1.807) is 29.2 Å². The van der Waals surface area contributed by atoms with Crippen LogP contribution in [0.25, 0.3) is 0 Å². The Labute approximate surface area is 135 Å². The second-order valence-electron chi connectivity index (χ2n) is 5.52. The van der Waals surface area contributed by atoms with Crippen molar-refractivity contribution in [1.82, 2.24) is 4.90 Å². The lowest BCUT2D eigenvalue weighted by molar-refractivity contribution is -0.154. The third kappa shape index (κ3) is 4.99. The molecular weight excluding hydrogens is 296 g/mol. The Kier molecular flexibility index (Phi) is 5.98. The smallest absolute Gasteiger partial charge is 0.344 e. The lowest BCUT2D eigenvalue weighted by Crippen LogP contribution is -2.44. The summed E-state index contributed by atoms with van der Waals surface area (Å²) >= 11 is 0. The second kappa shape index (κ2) is 8.18. The van der Waals surface area contributed by atoms with E-state index in [1.165, 1.54) is 0 Å². The number of benzene rings is 1. The zero-order valence-corrected chi connectivity index (χ0v) is 13.2. The van der Waals surface area contributed by atoms with Crippen LogP contribution in [0.1, 0.15) is 31.7 Å². The van der Waals surface area contributed by atoms with Gasteiger partial charge in [-0.1, -0.05) is 0 Å². The lowest BCUT2D eigenvalue weighted by Gasteiger charge is -2.33. The minimum atomic E-state index is -0.590. The molecule has 0 N–H and O–H groups in total. The number of esters is 1. The minimum Gasteiger partial charge on any atom is -0.482 e. The number of hydrogen-bond donors (Lipinski definition) is 0. The average Bonchev–Trinajstić information content (AvgIpc) is 2.58. The van der Waals surface area contributed by atoms with Gasteiger partial charge in [-0.25, -0.2) is 4.79 Å². The highest BCUT2D eigenvalue weighted by Crippen LogP contribution is 2.16. The van der Waals surface area contributed by atoms with Crippen molar-refractivity contribution in [2.24, 2.45) is 0 Å². The number of nitriles is 1. The van der Waals surface area contributed by atoms with Crippen LogP contribution in [-0.2, 0) is 14.3 Å². The first-order valence-corrected chi connectivity index (χ1v) is 7.68. The molecule has 122 valence electrons. The molecule has 23 heavy (non-hydrogen) atoms. The van der Waals surface area contributed by atoms with Crippen LogP contribution in [-0.4, -0.2) is 42.6 Å². The molecule has 1 saturated heterocycles. The van der Waals surface area contributed by atoms with Gasteiger partial charge in [0.05, 0.1) is 11.6 Å². The lowest BCUT2D eigenvalue weighted by atomic mass is 10.0. The number of likely N-dealkylation sites (tertiary alicyclic amines) is 1. The normalized spacial score (nSPS) is 17.2. The molecule has 1 fully saturated rings. The van der Waals surface area contributed by atoms with E-state index in [0.29, 0.717) is 11.3 Å². The number of carbonyl (C=O) groups is 2. The Morgan fingerprint density at radius 3 is 2.65 bits per heavy atom. The minimum absolute atomic E-state index is 0.163. The van der Waals surface area contributed by atoms with Crippen LogP contribution in [0.4, 0.5) is 0 Å². The summed E-state index contributed by atoms with van der Waals surface area (Å²) in [6, 6.07) is 8.60. The van der Waals surface area contributed by atoms with Crippen molar-refractivity contribution in [3.05, 3.63) is 29.8 Å². The maximum absolute atomic E-state index is 12.0. The van der Waals surface area contributed by atoms with Gasteiger partial charge in [-0.3, -0.25) is 4.79 Å². The number of carbonyl (C=O) groups excluding carboxylic acids is 2. The molecular formula is C17H20N2O4. The highest BCUT2D eigenvalue weighted by molar-refractivity contribution is 5.81. The zero-order chi connectivity index (χ0) is 16.7. The summed E-state index contributed by atoms with van der Waals surface area (Å²) in [4.78, 5) is 25.4. The Bertz CT molecular complexity index is 592. The molecule has 6 nitrogen and oxygen atoms in total. The largest absolute Gasteiger partial charge is 0.482 e. The predicted octanol–water partition coefficient (Wildman–Crippen LogP) is 1.88. The quantitative estimate of drug-likeness (QED) is 0.775. The molecule has 1 aliphatic heterocycles. The predicted molar refractivity (Wildman–Crippen MR) is 82.6 cm³/mol. The van der Waals surface area contributed by atoms with E-state index in [0.717, 1.165) is 25.8 Å². The SMILES string of the molecule is C[C@@H]1CCCCN1C(=O)COC(=O)COc1ccc(C#N)cc1. The molecule has 6 heteroatoms. The maximum atomic E-state index is 12.0. The van der Waals surface area contributed by atoms with Crippen molar-refractivity contribution in [3.63, 3.8) is 0 Å². The third-order valence-corrected chi connectivity index (χ3v) is 3.82. The Morgan fingerprint density at radius 2 is 2.00 bits per heavy atom. The summed E-state index contributed by atoms with van der Waals surface area (Å²) in [7, 11) is 0. The molecule has 0 saturated carbocycles. The molecule has 0 aromatic heterocycles. The highest BCUT2D eigenvalue weighted by atomic mass is 16.6. The molecule has 1 atom stereocenters. The topological polar surface area (TPSA) is 79.6 Å². The summed E-state index contributed by atoms with van der Waals surface area (Å²) in [5, 5.41) is 8.69. The van der Waals surface area contributed by atoms with Gasteiger partial charge in [-0.05, 0) is 50.5 Å². The second-order valence-corrected chi connectivity index (χ2v) is 5.52. The summed E-state index contributed by atoms with van der Waals surface area (Å²) in [5.41, 5.74) is 0.515. The van der Waals surface area contributed by atoms with Crippen molar-refractivity contribution in [2.45, 2.75) is 32.2 Å². The molecule has 0 radical (unpaired) electrons. The first-order valence-electron chi connectivity index (χ1n) is 7.68. The van der Waals surface area contributed by atoms with Crippen LogP contribution in [0, 0.1) is 11.3 Å². The number of rotatable bonds is 5. The van der Waals surface area contributed by atoms with Crippen LogP contribution < -0.4 is 4.74 Å². The fourth-order valence-electron chi connectivity index (χ4n) is 2.50. The van der Waals surface area contributed by atoms with Crippen molar-refractivity contribution >= 4 is 11.9 Å². The summed E-state index contributed by atoms with van der Waals surface area (Å²) in [6.07, 6.45) is 3.11. The molecule has 0 aliphatic carbocycles. The molecule has 0 bridgehead atoms. The number of hydrogen-bond acceptors (Lipinski definition) is 5. The number of nitrogens with zero attached hydrogens (tertiary/aromatic N) is 2. The van der Waals surface area contributed by atoms with Gasteiger partial charge in [0.15, 0.2) is 13.2 Å². The van der Waals surface area contributed by atoms with Gasteiger partial charge in [0, 0.05) is 12.6 Å². The third-order valence-electron chi connectivity index (χ3n) is 3.82. The number of ether oxygens (including phenoxy) is 2. The molecule has 1 aromatic carbocycles. The Balaban J connectivity index is 1.72. The first-order chi connectivity index (χ1) is 11.1. The van der Waals surface area contributed by atoms with Crippen LogP contribution in [0.15, 0.2) is 24.3 Å². The van der Waals surface area contributed by atoms with Crippen molar-refractivity contribution in [1.29, 1.82) is 5.26 Å². The molecule has 1 heterocycles. The summed E-state index contributed by atoms with van der Waals surface area (Å²) < 4.78 is 10.2. The molecule has 1 aromatic rings. The monoisotopic (exact) mass is 316 g/mol. The van der Waals surface area contributed by atoms with Crippen molar-refractivity contribution < 1.29 is 19.1 Å². The van der Waals surface area contributed by atoms with E-state index in [9.17, 15) is 9.59 Å². The van der Waals surface area contributed by atoms with E-state index in [2.05, 4.69) is 0 Å². The first kappa shape index (κ1) is 16.8. The average molecular weight is 316 g/mol. The van der Waals surface area contributed by atoms with Crippen molar-refractivity contribution in [3.8, 4) is 11.8 Å². The van der Waals surface area contributed by atoms with Gasteiger partial charge in [-0.2, -0.15) is 5.26 Å². The standard InChI is InChI=1S/C17H20N2O4/c1-13-4-2-3-9-19(13)16(20)11-23-17(21)12-22-15-7-5-14(10-18)6-8-15/h5-8,13H,2-4,9,11-12H2,1H3/t13-/m1/s1. The summed E-state index contributed by atoms with van der Waals surface area (Å²) in [5.74, 6) is -0.284. The summed E-state index contributed by atoms with van der Waals surface area (Å²) in [6.45, 7) is 2.21. The van der Waals surface area contributed by atoms with Gasteiger partial charge >= 0.3 is 5.97 Å². The fourth-order valence-corrected chi connectivity index (χ4v) is 2.50.